The lowest BCUT2D eigenvalue weighted by molar-refractivity contribution is 0.0302. The van der Waals surface area contributed by atoms with Crippen molar-refractivity contribution >= 4 is 43.7 Å². The fourth-order valence-corrected chi connectivity index (χ4v) is 2.42. The summed E-state index contributed by atoms with van der Waals surface area (Å²) < 4.78 is 6.56. The summed E-state index contributed by atoms with van der Waals surface area (Å²) in [5, 5.41) is 8.42. The minimum Gasteiger partial charge on any atom is -0.478 e. The predicted molar refractivity (Wildman–Crippen MR) is 97.6 cm³/mol. The summed E-state index contributed by atoms with van der Waals surface area (Å²) in [4.78, 5) is 31.7. The molecule has 0 unspecified atom stereocenters. The van der Waals surface area contributed by atoms with Gasteiger partial charge in [0.1, 0.15) is 9.21 Å². The van der Waals surface area contributed by atoms with Crippen molar-refractivity contribution in [3.63, 3.8) is 0 Å². The van der Waals surface area contributed by atoms with E-state index in [2.05, 4.69) is 41.8 Å². The number of carbonyl (C=O) groups excluding carboxylic acids is 1. The topological polar surface area (TPSA) is 92.6 Å². The van der Waals surface area contributed by atoms with E-state index in [4.69, 9.17) is 9.84 Å². The molecule has 25 heavy (non-hydrogen) atoms. The lowest BCUT2D eigenvalue weighted by Crippen LogP contribution is -2.40. The van der Waals surface area contributed by atoms with Crippen LogP contribution >= 0.6 is 31.9 Å². The highest BCUT2D eigenvalue weighted by Gasteiger charge is 2.18. The molecule has 132 valence electrons. The van der Waals surface area contributed by atoms with Crippen molar-refractivity contribution in [3.05, 3.63) is 57.0 Å². The van der Waals surface area contributed by atoms with Gasteiger partial charge >= 0.3 is 5.97 Å². The lowest BCUT2D eigenvalue weighted by Gasteiger charge is -2.26. The number of hydrogen-bond donors (Lipinski definition) is 1. The van der Waals surface area contributed by atoms with E-state index in [-0.39, 0.29) is 11.5 Å². The van der Waals surface area contributed by atoms with E-state index in [1.54, 1.807) is 29.3 Å². The van der Waals surface area contributed by atoms with Crippen LogP contribution in [0.15, 0.2) is 45.9 Å². The third-order valence-electron chi connectivity index (χ3n) is 3.25. The number of hydrogen-bond acceptors (Lipinski definition) is 5. The van der Waals surface area contributed by atoms with Crippen molar-refractivity contribution in [3.8, 4) is 0 Å². The number of morpholine rings is 1. The number of aromatic nitrogens is 2. The summed E-state index contributed by atoms with van der Waals surface area (Å²) in [5.74, 6) is -0.932. The van der Waals surface area contributed by atoms with Gasteiger partial charge in [-0.1, -0.05) is 0 Å². The van der Waals surface area contributed by atoms with E-state index in [1.165, 1.54) is 12.3 Å². The van der Waals surface area contributed by atoms with Crippen molar-refractivity contribution in [2.45, 2.75) is 0 Å². The standard InChI is InChI=1S/C10H11BrN2O2.C6H4BrNO2/c11-9-2-1-8(7-12-9)10(14)13-3-5-15-6-4-13;7-5-2-1-4(3-8-5)6(9)10/h1-2,7H,3-6H2;1-3H,(H,9,10). The molecule has 0 atom stereocenters. The molecule has 7 nitrogen and oxygen atoms in total. The number of carbonyl (C=O) groups is 2. The molecule has 0 radical (unpaired) electrons. The fraction of sp³-hybridized carbons (Fsp3) is 0.250. The first kappa shape index (κ1) is 19.5. The van der Waals surface area contributed by atoms with Crippen LogP contribution in [0.25, 0.3) is 0 Å². The zero-order chi connectivity index (χ0) is 18.2. The number of amides is 1. The highest BCUT2D eigenvalue weighted by atomic mass is 79.9. The molecule has 1 saturated heterocycles. The first-order chi connectivity index (χ1) is 12.0. The maximum atomic E-state index is 11.9. The molecule has 0 aromatic carbocycles. The van der Waals surface area contributed by atoms with Gasteiger partial charge in [-0.3, -0.25) is 4.79 Å². The number of nitrogens with zero attached hydrogens (tertiary/aromatic N) is 3. The molecule has 1 N–H and O–H groups in total. The minimum absolute atomic E-state index is 0.0262. The molecule has 2 aromatic heterocycles. The summed E-state index contributed by atoms with van der Waals surface area (Å²) in [5.41, 5.74) is 0.823. The average Bonchev–Trinajstić information content (AvgIpc) is 2.63. The predicted octanol–water partition coefficient (Wildman–Crippen LogP) is 2.86. The molecular weight excluding hydrogens is 458 g/mol. The van der Waals surface area contributed by atoms with E-state index in [0.29, 0.717) is 36.5 Å². The summed E-state index contributed by atoms with van der Waals surface area (Å²) in [7, 11) is 0. The number of carboxylic acid groups (broad SMARTS) is 1. The molecule has 1 aliphatic heterocycles. The largest absolute Gasteiger partial charge is 0.478 e. The minimum atomic E-state index is -0.958. The molecule has 3 rings (SSSR count). The molecule has 0 saturated carbocycles. The van der Waals surface area contributed by atoms with Gasteiger partial charge in [0, 0.05) is 25.5 Å². The van der Waals surface area contributed by atoms with Gasteiger partial charge in [0.25, 0.3) is 5.91 Å². The van der Waals surface area contributed by atoms with Crippen LogP contribution in [0.3, 0.4) is 0 Å². The van der Waals surface area contributed by atoms with E-state index in [1.807, 2.05) is 0 Å². The quantitative estimate of drug-likeness (QED) is 0.675. The second-order valence-corrected chi connectivity index (χ2v) is 6.57. The molecule has 1 aliphatic rings. The maximum Gasteiger partial charge on any atom is 0.337 e. The highest BCUT2D eigenvalue weighted by molar-refractivity contribution is 9.10. The third-order valence-corrected chi connectivity index (χ3v) is 4.19. The SMILES string of the molecule is O=C(O)c1ccc(Br)nc1.O=C(c1ccc(Br)nc1)N1CCOCC1. The van der Waals surface area contributed by atoms with Crippen molar-refractivity contribution < 1.29 is 19.4 Å². The number of ether oxygens (including phenoxy) is 1. The van der Waals surface area contributed by atoms with Crippen LogP contribution in [0, 0.1) is 0 Å². The van der Waals surface area contributed by atoms with E-state index >= 15 is 0 Å². The molecule has 9 heteroatoms. The van der Waals surface area contributed by atoms with Gasteiger partial charge in [0.05, 0.1) is 24.3 Å². The summed E-state index contributed by atoms with van der Waals surface area (Å²) in [6.07, 6.45) is 2.88. The molecule has 1 fully saturated rings. The van der Waals surface area contributed by atoms with Crippen molar-refractivity contribution in [1.82, 2.24) is 14.9 Å². The number of carboxylic acids is 1. The molecule has 0 spiro atoms. The molecule has 2 aromatic rings. The Morgan fingerprint density at radius 3 is 1.92 bits per heavy atom. The van der Waals surface area contributed by atoms with Gasteiger partial charge in [-0.25, -0.2) is 14.8 Å². The summed E-state index contributed by atoms with van der Waals surface area (Å²) >= 11 is 6.33. The Bertz CT molecular complexity index is 717. The smallest absolute Gasteiger partial charge is 0.337 e. The van der Waals surface area contributed by atoms with Gasteiger partial charge in [0.15, 0.2) is 0 Å². The molecule has 0 bridgehead atoms. The van der Waals surface area contributed by atoms with Gasteiger partial charge in [-0.2, -0.15) is 0 Å². The van der Waals surface area contributed by atoms with E-state index in [9.17, 15) is 9.59 Å². The van der Waals surface area contributed by atoms with Crippen LogP contribution in [0.5, 0.6) is 0 Å². The number of rotatable bonds is 2. The van der Waals surface area contributed by atoms with E-state index < -0.39 is 5.97 Å². The maximum absolute atomic E-state index is 11.9. The van der Waals surface area contributed by atoms with Gasteiger partial charge in [0.2, 0.25) is 0 Å². The highest BCUT2D eigenvalue weighted by Crippen LogP contribution is 2.10. The Balaban J connectivity index is 0.000000196. The summed E-state index contributed by atoms with van der Waals surface area (Å²) in [6, 6.07) is 6.62. The Hall–Kier alpha value is -1.84. The third kappa shape index (κ3) is 6.18. The Morgan fingerprint density at radius 1 is 0.960 bits per heavy atom. The monoisotopic (exact) mass is 471 g/mol. The van der Waals surface area contributed by atoms with Crippen molar-refractivity contribution in [2.75, 3.05) is 26.3 Å². The molecular formula is C16H15Br2N3O4. The van der Waals surface area contributed by atoms with E-state index in [0.717, 1.165) is 4.60 Å². The van der Waals surface area contributed by atoms with Crippen LogP contribution in [0.2, 0.25) is 0 Å². The number of aromatic carboxylic acids is 1. The second kappa shape index (κ2) is 9.59. The van der Waals surface area contributed by atoms with Gasteiger partial charge in [-0.15, -0.1) is 0 Å². The number of pyridine rings is 2. The van der Waals surface area contributed by atoms with Gasteiger partial charge in [-0.05, 0) is 56.1 Å². The first-order valence-corrected chi connectivity index (χ1v) is 8.89. The van der Waals surface area contributed by atoms with Crippen LogP contribution in [-0.2, 0) is 4.74 Å². The zero-order valence-electron chi connectivity index (χ0n) is 13.1. The number of halogens is 2. The molecule has 3 heterocycles. The summed E-state index contributed by atoms with van der Waals surface area (Å²) in [6.45, 7) is 2.56. The van der Waals surface area contributed by atoms with Gasteiger partial charge < -0.3 is 14.7 Å². The Labute approximate surface area is 161 Å². The zero-order valence-corrected chi connectivity index (χ0v) is 16.2. The van der Waals surface area contributed by atoms with Crippen LogP contribution in [-0.4, -0.2) is 58.2 Å². The average molecular weight is 473 g/mol. The second-order valence-electron chi connectivity index (χ2n) is 4.95. The van der Waals surface area contributed by atoms with Crippen molar-refractivity contribution in [1.29, 1.82) is 0 Å². The Morgan fingerprint density at radius 2 is 1.48 bits per heavy atom. The lowest BCUT2D eigenvalue weighted by atomic mass is 10.2. The van der Waals surface area contributed by atoms with Crippen molar-refractivity contribution in [2.24, 2.45) is 0 Å². The first-order valence-electron chi connectivity index (χ1n) is 7.31. The van der Waals surface area contributed by atoms with Crippen LogP contribution in [0.4, 0.5) is 0 Å². The normalized spacial score (nSPS) is 13.6. The molecule has 0 aliphatic carbocycles. The van der Waals surface area contributed by atoms with Crippen LogP contribution < -0.4 is 0 Å². The van der Waals surface area contributed by atoms with Crippen LogP contribution in [0.1, 0.15) is 20.7 Å². The fourth-order valence-electron chi connectivity index (χ4n) is 1.95. The Kier molecular flexibility index (Phi) is 7.48. The molecule has 1 amide bonds.